The minimum absolute atomic E-state index is 0.0525. The maximum absolute atomic E-state index is 14.1. The number of carboxylic acid groups (broad SMARTS) is 1. The van der Waals surface area contributed by atoms with Crippen LogP contribution in [0.3, 0.4) is 0 Å². The average Bonchev–Trinajstić information content (AvgIpc) is 2.49. The summed E-state index contributed by atoms with van der Waals surface area (Å²) in [5.41, 5.74) is 1.49. The van der Waals surface area contributed by atoms with Gasteiger partial charge >= 0.3 is 5.97 Å². The molecule has 0 spiro atoms. The summed E-state index contributed by atoms with van der Waals surface area (Å²) >= 11 is 5.81. The predicted molar refractivity (Wildman–Crippen MR) is 82.0 cm³/mol. The van der Waals surface area contributed by atoms with E-state index in [0.29, 0.717) is 16.1 Å². The van der Waals surface area contributed by atoms with Crippen molar-refractivity contribution >= 4 is 23.3 Å². The van der Waals surface area contributed by atoms with Crippen molar-refractivity contribution in [1.82, 2.24) is 0 Å². The molecule has 0 amide bonds. The molecule has 0 heterocycles. The van der Waals surface area contributed by atoms with E-state index >= 15 is 0 Å². The van der Waals surface area contributed by atoms with Gasteiger partial charge in [0, 0.05) is 11.4 Å². The van der Waals surface area contributed by atoms with E-state index in [1.54, 1.807) is 36.4 Å². The van der Waals surface area contributed by atoms with Crippen molar-refractivity contribution in [3.63, 3.8) is 0 Å². The monoisotopic (exact) mass is 321 g/mol. The molecule has 114 valence electrons. The van der Waals surface area contributed by atoms with Crippen LogP contribution in [0.5, 0.6) is 0 Å². The fourth-order valence-corrected chi connectivity index (χ4v) is 2.15. The Kier molecular flexibility index (Phi) is 5.12. The maximum atomic E-state index is 14.1. The van der Waals surface area contributed by atoms with Gasteiger partial charge in [0.1, 0.15) is 5.82 Å². The Bertz CT molecular complexity index is 714. The van der Waals surface area contributed by atoms with E-state index in [9.17, 15) is 9.18 Å². The lowest BCUT2D eigenvalue weighted by Crippen LogP contribution is -2.14. The standard InChI is InChI=1S/C16H13ClFNO3/c17-13-6-3-10(4-7-13)12-2-1-11(14(18)9-12)5-8-15(19-22)16(20)21/h1-4,6-7,9,22H,5,8H2,(H,20,21). The molecular weight excluding hydrogens is 309 g/mol. The fraction of sp³-hybridized carbons (Fsp3) is 0.125. The molecule has 2 aromatic rings. The molecule has 0 saturated heterocycles. The number of carboxylic acids is 1. The highest BCUT2D eigenvalue weighted by molar-refractivity contribution is 6.35. The van der Waals surface area contributed by atoms with Gasteiger partial charge in [-0.15, -0.1) is 0 Å². The Morgan fingerprint density at radius 3 is 2.32 bits per heavy atom. The molecule has 2 N–H and O–H groups in total. The van der Waals surface area contributed by atoms with Crippen LogP contribution < -0.4 is 0 Å². The summed E-state index contributed by atoms with van der Waals surface area (Å²) in [4.78, 5) is 10.7. The van der Waals surface area contributed by atoms with Gasteiger partial charge in [0.05, 0.1) is 0 Å². The van der Waals surface area contributed by atoms with Crippen molar-refractivity contribution in [2.75, 3.05) is 0 Å². The fourth-order valence-electron chi connectivity index (χ4n) is 2.02. The first kappa shape index (κ1) is 16.0. The summed E-state index contributed by atoms with van der Waals surface area (Å²) < 4.78 is 14.1. The molecule has 0 radical (unpaired) electrons. The summed E-state index contributed by atoms with van der Waals surface area (Å²) in [6.07, 6.45) is 0.0848. The van der Waals surface area contributed by atoms with Crippen molar-refractivity contribution in [1.29, 1.82) is 0 Å². The largest absolute Gasteiger partial charge is 0.477 e. The molecule has 22 heavy (non-hydrogen) atoms. The zero-order valence-corrected chi connectivity index (χ0v) is 12.2. The molecule has 4 nitrogen and oxygen atoms in total. The van der Waals surface area contributed by atoms with Gasteiger partial charge in [0.15, 0.2) is 5.71 Å². The van der Waals surface area contributed by atoms with Gasteiger partial charge < -0.3 is 10.3 Å². The summed E-state index contributed by atoms with van der Waals surface area (Å²) in [5, 5.41) is 20.6. The molecule has 0 saturated carbocycles. The first-order valence-electron chi connectivity index (χ1n) is 6.50. The third kappa shape index (κ3) is 3.83. The lowest BCUT2D eigenvalue weighted by Gasteiger charge is -2.07. The van der Waals surface area contributed by atoms with Crippen molar-refractivity contribution in [3.8, 4) is 11.1 Å². The number of oxime groups is 1. The number of nitrogens with zero attached hydrogens (tertiary/aromatic N) is 1. The Hall–Kier alpha value is -2.40. The molecule has 0 aliphatic heterocycles. The van der Waals surface area contributed by atoms with E-state index in [0.717, 1.165) is 5.56 Å². The van der Waals surface area contributed by atoms with Crippen LogP contribution in [0.4, 0.5) is 4.39 Å². The van der Waals surface area contributed by atoms with Gasteiger partial charge in [-0.2, -0.15) is 0 Å². The number of benzene rings is 2. The van der Waals surface area contributed by atoms with E-state index in [2.05, 4.69) is 5.16 Å². The second kappa shape index (κ2) is 7.04. The van der Waals surface area contributed by atoms with Crippen LogP contribution in [0.15, 0.2) is 47.6 Å². The highest BCUT2D eigenvalue weighted by Crippen LogP contribution is 2.24. The van der Waals surface area contributed by atoms with Crippen molar-refractivity contribution < 1.29 is 19.5 Å². The Balaban J connectivity index is 2.16. The minimum Gasteiger partial charge on any atom is -0.477 e. The first-order chi connectivity index (χ1) is 10.5. The third-order valence-corrected chi connectivity index (χ3v) is 3.48. The number of rotatable bonds is 5. The average molecular weight is 322 g/mol. The van der Waals surface area contributed by atoms with Crippen LogP contribution in [0.2, 0.25) is 5.02 Å². The lowest BCUT2D eigenvalue weighted by molar-refractivity contribution is -0.129. The first-order valence-corrected chi connectivity index (χ1v) is 6.87. The molecule has 0 aromatic heterocycles. The van der Waals surface area contributed by atoms with Crippen LogP contribution in [0.25, 0.3) is 11.1 Å². The second-order valence-corrected chi connectivity index (χ2v) is 5.10. The van der Waals surface area contributed by atoms with Crippen molar-refractivity contribution in [2.45, 2.75) is 12.8 Å². The minimum atomic E-state index is -1.32. The molecule has 0 fully saturated rings. The molecule has 0 atom stereocenters. The topological polar surface area (TPSA) is 69.9 Å². The predicted octanol–water partition coefficient (Wildman–Crippen LogP) is 3.99. The summed E-state index contributed by atoms with van der Waals surface area (Å²) in [6, 6.07) is 11.7. The number of carbonyl (C=O) groups is 1. The van der Waals surface area contributed by atoms with Crippen LogP contribution >= 0.6 is 11.6 Å². The lowest BCUT2D eigenvalue weighted by atomic mass is 10.0. The van der Waals surface area contributed by atoms with E-state index in [4.69, 9.17) is 21.9 Å². The number of aliphatic carboxylic acids is 1. The quantitative estimate of drug-likeness (QED) is 0.497. The number of hydrogen-bond donors (Lipinski definition) is 2. The van der Waals surface area contributed by atoms with Crippen LogP contribution in [0.1, 0.15) is 12.0 Å². The van der Waals surface area contributed by atoms with Crippen LogP contribution in [0, 0.1) is 5.82 Å². The zero-order chi connectivity index (χ0) is 16.1. The van der Waals surface area contributed by atoms with Crippen molar-refractivity contribution in [3.05, 3.63) is 58.9 Å². The van der Waals surface area contributed by atoms with E-state index < -0.39 is 17.5 Å². The maximum Gasteiger partial charge on any atom is 0.353 e. The molecule has 2 rings (SSSR count). The zero-order valence-electron chi connectivity index (χ0n) is 11.5. The van der Waals surface area contributed by atoms with Gasteiger partial charge in [0.25, 0.3) is 0 Å². The summed E-state index contributed by atoms with van der Waals surface area (Å²) in [6.45, 7) is 0. The number of hydrogen-bond acceptors (Lipinski definition) is 3. The van der Waals surface area contributed by atoms with E-state index in [1.165, 1.54) is 6.07 Å². The molecule has 2 aromatic carbocycles. The Labute approximate surface area is 131 Å². The highest BCUT2D eigenvalue weighted by atomic mass is 35.5. The molecule has 0 bridgehead atoms. The van der Waals surface area contributed by atoms with E-state index in [1.807, 2.05) is 0 Å². The molecule has 0 aliphatic carbocycles. The summed E-state index contributed by atoms with van der Waals surface area (Å²) in [5.74, 6) is -1.75. The smallest absolute Gasteiger partial charge is 0.353 e. The van der Waals surface area contributed by atoms with E-state index in [-0.39, 0.29) is 12.8 Å². The van der Waals surface area contributed by atoms with Gasteiger partial charge in [-0.25, -0.2) is 9.18 Å². The molecule has 0 aliphatic rings. The van der Waals surface area contributed by atoms with Crippen LogP contribution in [-0.4, -0.2) is 22.0 Å². The van der Waals surface area contributed by atoms with Gasteiger partial charge in [-0.1, -0.05) is 41.0 Å². The van der Waals surface area contributed by atoms with Gasteiger partial charge in [0.2, 0.25) is 0 Å². The molecule has 0 unspecified atom stereocenters. The van der Waals surface area contributed by atoms with Crippen molar-refractivity contribution in [2.24, 2.45) is 5.16 Å². The second-order valence-electron chi connectivity index (χ2n) is 4.66. The van der Waals surface area contributed by atoms with Gasteiger partial charge in [-0.3, -0.25) is 0 Å². The number of aryl methyl sites for hydroxylation is 1. The third-order valence-electron chi connectivity index (χ3n) is 3.23. The number of halogens is 2. The summed E-state index contributed by atoms with van der Waals surface area (Å²) in [7, 11) is 0. The van der Waals surface area contributed by atoms with Gasteiger partial charge in [-0.05, 0) is 41.3 Å². The Morgan fingerprint density at radius 1 is 1.14 bits per heavy atom. The van der Waals surface area contributed by atoms with Crippen LogP contribution in [-0.2, 0) is 11.2 Å². The molecular formula is C16H13ClFNO3. The SMILES string of the molecule is O=C(O)C(CCc1ccc(-c2ccc(Cl)cc2)cc1F)=NO. The molecule has 6 heteroatoms. The normalized spacial score (nSPS) is 11.5. The highest BCUT2D eigenvalue weighted by Gasteiger charge is 2.12. The Morgan fingerprint density at radius 2 is 1.77 bits per heavy atom.